The Morgan fingerprint density at radius 1 is 0.500 bits per heavy atom. The van der Waals surface area contributed by atoms with Crippen molar-refractivity contribution in [2.45, 2.75) is 26.2 Å². The van der Waals surface area contributed by atoms with E-state index in [0.29, 0.717) is 0 Å². The molecule has 0 atom stereocenters. The maximum Gasteiger partial charge on any atom is -0.0809 e. The van der Waals surface area contributed by atoms with Crippen LogP contribution >= 0.6 is 0 Å². The van der Waals surface area contributed by atoms with Gasteiger partial charge in [0.05, 0.1) is 0 Å². The fourth-order valence-corrected chi connectivity index (χ4v) is 2.98. The molecule has 0 aliphatic heterocycles. The average Bonchev–Trinajstić information content (AvgIpc) is 3.62. The number of rotatable bonds is 1. The molecule has 2 radical (unpaired) electrons. The van der Waals surface area contributed by atoms with Crippen molar-refractivity contribution in [3.8, 4) is 0 Å². The van der Waals surface area contributed by atoms with E-state index in [1.165, 1.54) is 47.1 Å². The van der Waals surface area contributed by atoms with E-state index in [1.807, 2.05) is 0 Å². The van der Waals surface area contributed by atoms with Crippen LogP contribution in [0.3, 0.4) is 0 Å². The summed E-state index contributed by atoms with van der Waals surface area (Å²) in [6, 6.07) is 29.3. The molecule has 0 aliphatic rings. The molecule has 0 spiro atoms. The molecule has 0 aromatic heterocycles. The zero-order valence-corrected chi connectivity index (χ0v) is 29.2. The molecule has 0 saturated heterocycles. The molecular formula is C28H26O6Si2W2-2. The molecule has 0 unspecified atom stereocenters. The third-order valence-electron chi connectivity index (χ3n) is 4.60. The quantitative estimate of drug-likeness (QED) is 0.209. The van der Waals surface area contributed by atoms with E-state index < -0.39 is 31.9 Å². The first-order valence-corrected chi connectivity index (χ1v) is 25.6. The first-order chi connectivity index (χ1) is 18.3. The standard InChI is InChI=1S/2C9H7.C4H12Si2.6CO.2W/c2*1-2-5-9-7-3-6-8(9)4-1;1-5(2)6(3)4;6*1-2;;/h2*1-7H;1-4H3;;;;;;;;/q2*-1;;;;;;;;;. The van der Waals surface area contributed by atoms with Crippen molar-refractivity contribution in [2.75, 3.05) is 0 Å². The molecular weight excluding hydrogens is 856 g/mol. The van der Waals surface area contributed by atoms with Crippen molar-refractivity contribution in [3.63, 3.8) is 0 Å². The Bertz CT molecular complexity index is 1460. The van der Waals surface area contributed by atoms with Gasteiger partial charge in [0.1, 0.15) is 0 Å². The Kier molecular flexibility index (Phi) is 20.2. The van der Waals surface area contributed by atoms with Crippen LogP contribution in [0, 0.1) is 0 Å². The summed E-state index contributed by atoms with van der Waals surface area (Å²) in [5, 5.41) is 5.32. The molecule has 0 bridgehead atoms. The van der Waals surface area contributed by atoms with E-state index >= 15 is 0 Å². The predicted molar refractivity (Wildman–Crippen MR) is 148 cm³/mol. The van der Waals surface area contributed by atoms with Crippen LogP contribution in [-0.2, 0) is 60.6 Å². The Morgan fingerprint density at radius 3 is 1.00 bits per heavy atom. The zero-order valence-electron chi connectivity index (χ0n) is 21.3. The summed E-state index contributed by atoms with van der Waals surface area (Å²) < 4.78 is 7.79. The Hall–Kier alpha value is -3.05. The van der Waals surface area contributed by atoms with Crippen LogP contribution in [0.5, 0.6) is 0 Å². The third-order valence-corrected chi connectivity index (χ3v) is 16.2. The average molecular weight is 882 g/mol. The van der Waals surface area contributed by atoms with Gasteiger partial charge < -0.3 is 0 Å². The van der Waals surface area contributed by atoms with E-state index in [-0.39, 0.29) is 16.6 Å². The number of carbonyl (C=O) groups excluding carboxylic acids is 6. The fraction of sp³-hybridized carbons (Fsp3) is 0.143. The Balaban J connectivity index is 0.000000456. The summed E-state index contributed by atoms with van der Waals surface area (Å²) in [6.45, 7) is 9.55. The van der Waals surface area contributed by atoms with Crippen molar-refractivity contribution in [1.29, 1.82) is 0 Å². The Labute approximate surface area is 234 Å². The van der Waals surface area contributed by atoms with Gasteiger partial charge in [-0.05, 0) is 0 Å². The summed E-state index contributed by atoms with van der Waals surface area (Å²) in [6.07, 6.45) is 0. The van der Waals surface area contributed by atoms with Gasteiger partial charge in [-0.2, -0.15) is 35.0 Å². The van der Waals surface area contributed by atoms with Crippen LogP contribution in [0.2, 0.25) is 26.2 Å². The number of benzene rings is 2. The van der Waals surface area contributed by atoms with Gasteiger partial charge in [0.25, 0.3) is 0 Å². The molecule has 4 aromatic rings. The number of hydrogen-bond acceptors (Lipinski definition) is 6. The van der Waals surface area contributed by atoms with E-state index in [2.05, 4.69) is 111 Å². The molecule has 0 aliphatic carbocycles. The van der Waals surface area contributed by atoms with Gasteiger partial charge in [-0.25, -0.2) is 0 Å². The van der Waals surface area contributed by atoms with Crippen LogP contribution in [0.15, 0.2) is 84.9 Å². The van der Waals surface area contributed by atoms with Crippen molar-refractivity contribution >= 4 is 63.8 Å². The second-order valence-corrected chi connectivity index (χ2v) is 25.4. The van der Waals surface area contributed by atoms with Gasteiger partial charge in [-0.15, -0.1) is 59.3 Å². The van der Waals surface area contributed by atoms with Crippen molar-refractivity contribution in [3.05, 3.63) is 84.9 Å². The molecule has 0 N–H and O–H groups in total. The van der Waals surface area contributed by atoms with Crippen molar-refractivity contribution in [1.82, 2.24) is 0 Å². The van der Waals surface area contributed by atoms with Gasteiger partial charge in [-0.1, -0.05) is 38.3 Å². The molecule has 10 heteroatoms. The smallest absolute Gasteiger partial charge is 0.0809 e. The summed E-state index contributed by atoms with van der Waals surface area (Å²) in [4.78, 5) is 56.4. The topological polar surface area (TPSA) is 102 Å². The van der Waals surface area contributed by atoms with E-state index in [0.717, 1.165) is 0 Å². The SMILES string of the molecule is C[Si](C)[Si](C)C.O=[C]=[W](=[C]=O)=[C]=O.O=[C]=[W](=[C]=O)=[C]=O.c1ccc2[cH-]ccc2c1.c1ccc2[cH-]ccc2c1. The maximum atomic E-state index is 9.40. The van der Waals surface area contributed by atoms with Gasteiger partial charge in [0, 0.05) is 16.6 Å². The molecule has 0 saturated carbocycles. The molecule has 196 valence electrons. The van der Waals surface area contributed by atoms with Crippen LogP contribution < -0.4 is 0 Å². The summed E-state index contributed by atoms with van der Waals surface area (Å²) in [7, 11) is 0.300. The summed E-state index contributed by atoms with van der Waals surface area (Å²) in [5.74, 6) is 0. The zero-order chi connectivity index (χ0) is 28.8. The van der Waals surface area contributed by atoms with Crippen molar-refractivity contribution < 1.29 is 60.6 Å². The van der Waals surface area contributed by atoms with Crippen molar-refractivity contribution in [2.24, 2.45) is 0 Å². The molecule has 4 aromatic carbocycles. The molecule has 0 amide bonds. The van der Waals surface area contributed by atoms with E-state index in [1.54, 1.807) is 0 Å². The summed E-state index contributed by atoms with van der Waals surface area (Å²) >= 11 is -6.10. The van der Waals surface area contributed by atoms with E-state index in [9.17, 15) is 28.8 Å². The van der Waals surface area contributed by atoms with Gasteiger partial charge >= 0.3 is 86.2 Å². The van der Waals surface area contributed by atoms with Crippen LogP contribution in [-0.4, -0.2) is 42.2 Å². The molecule has 6 nitrogen and oxygen atoms in total. The van der Waals surface area contributed by atoms with E-state index in [4.69, 9.17) is 0 Å². The maximum absolute atomic E-state index is 9.40. The minimum Gasteiger partial charge on any atom is -0.168 e. The molecule has 0 fully saturated rings. The number of fused-ring (bicyclic) bond motifs is 2. The first kappa shape index (κ1) is 35.0. The minimum absolute atomic E-state index is 0.150. The molecule has 0 heterocycles. The van der Waals surface area contributed by atoms with Gasteiger partial charge in [0.2, 0.25) is 0 Å². The minimum atomic E-state index is -3.05. The monoisotopic (exact) mass is 882 g/mol. The Morgan fingerprint density at radius 2 is 0.789 bits per heavy atom. The van der Waals surface area contributed by atoms with Crippen LogP contribution in [0.4, 0.5) is 0 Å². The van der Waals surface area contributed by atoms with Crippen LogP contribution in [0.25, 0.3) is 21.5 Å². The second-order valence-electron chi connectivity index (χ2n) is 7.42. The largest absolute Gasteiger partial charge is 0.168 e. The second kappa shape index (κ2) is 22.0. The van der Waals surface area contributed by atoms with Crippen LogP contribution in [0.1, 0.15) is 0 Å². The predicted octanol–water partition coefficient (Wildman–Crippen LogP) is 4.30. The van der Waals surface area contributed by atoms with Gasteiger partial charge in [-0.3, -0.25) is 0 Å². The third kappa shape index (κ3) is 15.3. The molecule has 4 rings (SSSR count). The first-order valence-electron chi connectivity index (χ1n) is 10.8. The fourth-order valence-electron chi connectivity index (χ4n) is 2.24. The normalized spacial score (nSPS) is 8.47. The number of hydrogen-bond donors (Lipinski definition) is 0. The molecule has 38 heavy (non-hydrogen) atoms. The summed E-state index contributed by atoms with van der Waals surface area (Å²) in [5.41, 5.74) is 0. The van der Waals surface area contributed by atoms with Gasteiger partial charge in [0.15, 0.2) is 0 Å².